The van der Waals surface area contributed by atoms with Gasteiger partial charge in [0.15, 0.2) is 17.5 Å². The van der Waals surface area contributed by atoms with Crippen LogP contribution in [0, 0.1) is 23.3 Å². The minimum absolute atomic E-state index is 0.0125. The zero-order valence-electron chi connectivity index (χ0n) is 25.8. The number of pyridine rings is 1. The van der Waals surface area contributed by atoms with Crippen molar-refractivity contribution in [3.8, 4) is 5.69 Å². The van der Waals surface area contributed by atoms with Crippen LogP contribution in [0.2, 0.25) is 0 Å². The number of halogens is 4. The van der Waals surface area contributed by atoms with E-state index in [0.29, 0.717) is 19.2 Å². The molecule has 1 aliphatic heterocycles. The fraction of sp³-hybridized carbons (Fsp3) is 0.171. The van der Waals surface area contributed by atoms with Crippen LogP contribution >= 0.6 is 0 Å². The number of aromatic nitrogens is 4. The van der Waals surface area contributed by atoms with E-state index in [9.17, 15) is 37.1 Å². The first-order valence-electron chi connectivity index (χ1n) is 15.1. The van der Waals surface area contributed by atoms with Crippen molar-refractivity contribution in [3.63, 3.8) is 0 Å². The highest BCUT2D eigenvalue weighted by Gasteiger charge is 2.26. The lowest BCUT2D eigenvalue weighted by Gasteiger charge is -2.35. The number of nitrogens with zero attached hydrogens (tertiary/aromatic N) is 6. The molecule has 0 bridgehead atoms. The van der Waals surface area contributed by atoms with E-state index in [0.717, 1.165) is 28.1 Å². The third kappa shape index (κ3) is 7.27. The van der Waals surface area contributed by atoms with Crippen molar-refractivity contribution in [2.24, 2.45) is 0 Å². The van der Waals surface area contributed by atoms with Crippen LogP contribution in [-0.2, 0) is 22.6 Å². The average molecular weight is 673 g/mol. The second-order valence-electron chi connectivity index (χ2n) is 11.4. The molecule has 1 N–H and O–H groups in total. The number of piperazine rings is 1. The molecule has 0 saturated carbocycles. The Balaban J connectivity index is 1.20. The number of rotatable bonds is 9. The monoisotopic (exact) mass is 672 g/mol. The highest BCUT2D eigenvalue weighted by atomic mass is 19.2. The minimum Gasteiger partial charge on any atom is -0.507 e. The van der Waals surface area contributed by atoms with Gasteiger partial charge in [0.25, 0.3) is 11.5 Å². The van der Waals surface area contributed by atoms with Crippen LogP contribution in [0.4, 0.5) is 23.2 Å². The third-order valence-electron chi connectivity index (χ3n) is 8.11. The second-order valence-corrected chi connectivity index (χ2v) is 11.4. The lowest BCUT2D eigenvalue weighted by molar-refractivity contribution is -0.142. The fourth-order valence-electron chi connectivity index (χ4n) is 5.60. The van der Waals surface area contributed by atoms with E-state index in [1.807, 2.05) is 24.3 Å². The lowest BCUT2D eigenvalue weighted by atomic mass is 10.0. The molecule has 49 heavy (non-hydrogen) atoms. The summed E-state index contributed by atoms with van der Waals surface area (Å²) in [4.78, 5) is 46.9. The smallest absolute Gasteiger partial charge is 0.294 e. The highest BCUT2D eigenvalue weighted by molar-refractivity contribution is 6.41. The maximum atomic E-state index is 14.5. The van der Waals surface area contributed by atoms with Crippen LogP contribution in [-0.4, -0.2) is 67.2 Å². The lowest BCUT2D eigenvalue weighted by Crippen LogP contribution is -2.50. The molecule has 3 aromatic carbocycles. The van der Waals surface area contributed by atoms with E-state index in [1.165, 1.54) is 41.7 Å². The summed E-state index contributed by atoms with van der Waals surface area (Å²) in [5.74, 6) is -7.85. The van der Waals surface area contributed by atoms with Gasteiger partial charge in [-0.1, -0.05) is 18.2 Å². The Morgan fingerprint density at radius 2 is 1.51 bits per heavy atom. The van der Waals surface area contributed by atoms with Gasteiger partial charge in [0.2, 0.25) is 5.78 Å². The van der Waals surface area contributed by atoms with Crippen LogP contribution in [0.1, 0.15) is 22.3 Å². The van der Waals surface area contributed by atoms with Gasteiger partial charge in [0.1, 0.15) is 24.2 Å². The van der Waals surface area contributed by atoms with Crippen molar-refractivity contribution < 1.29 is 32.3 Å². The maximum absolute atomic E-state index is 14.5. The van der Waals surface area contributed by atoms with Crippen molar-refractivity contribution in [1.82, 2.24) is 24.2 Å². The molecule has 5 aromatic rings. The number of carbonyl (C=O) groups is 2. The standard InChI is InChI=1S/C35H28F4N6O4/c36-28-4-2-1-3-24(28)19-44-18-23(13-22-15-29(37)33(39)30(38)16-22)14-27(34(44)48)31(46)17-32(47)35(49)43-11-9-42(10-12-43)25-5-7-26(8-6-25)45-21-40-20-41-45/h1-8,14-18,20-21,46H,9-13,19H2. The zero-order chi connectivity index (χ0) is 34.7. The molecule has 2 aromatic heterocycles. The summed E-state index contributed by atoms with van der Waals surface area (Å²) in [5.41, 5.74) is 0.885. The largest absolute Gasteiger partial charge is 0.507 e. The Morgan fingerprint density at radius 1 is 0.837 bits per heavy atom. The molecule has 0 spiro atoms. The van der Waals surface area contributed by atoms with E-state index >= 15 is 0 Å². The summed E-state index contributed by atoms with van der Waals surface area (Å²) in [7, 11) is 0. The molecular weight excluding hydrogens is 644 g/mol. The van der Waals surface area contributed by atoms with Gasteiger partial charge in [-0.05, 0) is 66.1 Å². The van der Waals surface area contributed by atoms with Crippen molar-refractivity contribution in [2.45, 2.75) is 13.0 Å². The number of amides is 1. The summed E-state index contributed by atoms with van der Waals surface area (Å²) in [6.45, 7) is 1.03. The van der Waals surface area contributed by atoms with Crippen molar-refractivity contribution in [3.05, 3.63) is 148 Å². The van der Waals surface area contributed by atoms with Crippen LogP contribution in [0.3, 0.4) is 0 Å². The zero-order valence-corrected chi connectivity index (χ0v) is 25.8. The molecule has 250 valence electrons. The van der Waals surface area contributed by atoms with Crippen LogP contribution < -0.4 is 10.5 Å². The number of anilines is 1. The highest BCUT2D eigenvalue weighted by Crippen LogP contribution is 2.21. The van der Waals surface area contributed by atoms with Gasteiger partial charge in [-0.2, -0.15) is 5.10 Å². The number of benzene rings is 3. The van der Waals surface area contributed by atoms with Gasteiger partial charge < -0.3 is 19.5 Å². The summed E-state index contributed by atoms with van der Waals surface area (Å²) in [6.07, 6.45) is 4.75. The predicted octanol–water partition coefficient (Wildman–Crippen LogP) is 4.44. The molecule has 0 unspecified atom stereocenters. The Labute approximate surface area is 276 Å². The Morgan fingerprint density at radius 3 is 2.16 bits per heavy atom. The molecule has 1 amide bonds. The summed E-state index contributed by atoms with van der Waals surface area (Å²) in [6, 6.07) is 16.0. The summed E-state index contributed by atoms with van der Waals surface area (Å²) in [5, 5.41) is 15.1. The van der Waals surface area contributed by atoms with E-state index in [4.69, 9.17) is 0 Å². The maximum Gasteiger partial charge on any atom is 0.294 e. The number of hydrogen-bond acceptors (Lipinski definition) is 7. The number of aliphatic hydroxyl groups is 1. The molecule has 0 radical (unpaired) electrons. The van der Waals surface area contributed by atoms with Gasteiger partial charge in [-0.25, -0.2) is 27.2 Å². The number of ketones is 1. The van der Waals surface area contributed by atoms with Gasteiger partial charge >= 0.3 is 0 Å². The molecule has 1 saturated heterocycles. The van der Waals surface area contributed by atoms with Crippen molar-refractivity contribution in [2.75, 3.05) is 31.1 Å². The number of carbonyl (C=O) groups excluding carboxylic acids is 2. The first kappa shape index (κ1) is 32.9. The normalized spacial score (nSPS) is 13.5. The van der Waals surface area contributed by atoms with Crippen molar-refractivity contribution in [1.29, 1.82) is 0 Å². The molecular formula is C35H28F4N6O4. The van der Waals surface area contributed by atoms with Crippen LogP contribution in [0.15, 0.2) is 96.5 Å². The molecule has 6 rings (SSSR count). The molecule has 1 aliphatic rings. The Bertz CT molecular complexity index is 2080. The van der Waals surface area contributed by atoms with E-state index < -0.39 is 51.8 Å². The van der Waals surface area contributed by atoms with Gasteiger partial charge in [0, 0.05) is 49.7 Å². The Hall–Kier alpha value is -6.05. The van der Waals surface area contributed by atoms with Crippen LogP contribution in [0.5, 0.6) is 0 Å². The van der Waals surface area contributed by atoms with E-state index in [1.54, 1.807) is 17.1 Å². The summed E-state index contributed by atoms with van der Waals surface area (Å²) >= 11 is 0. The SMILES string of the molecule is O=C(C=C(O)c1cc(Cc2cc(F)c(F)c(F)c2)cn(Cc2ccccc2F)c1=O)C(=O)N1CCN(c2ccc(-n3cncn3)cc2)CC1. The first-order chi connectivity index (χ1) is 23.6. The minimum atomic E-state index is -1.64. The fourth-order valence-corrected chi connectivity index (χ4v) is 5.60. The number of aliphatic hydroxyl groups excluding tert-OH is 1. The topological polar surface area (TPSA) is 114 Å². The molecule has 1 fully saturated rings. The molecule has 0 atom stereocenters. The average Bonchev–Trinajstić information content (AvgIpc) is 3.64. The van der Waals surface area contributed by atoms with E-state index in [-0.39, 0.29) is 42.7 Å². The predicted molar refractivity (Wildman–Crippen MR) is 171 cm³/mol. The van der Waals surface area contributed by atoms with Gasteiger partial charge in [-0.15, -0.1) is 0 Å². The number of hydrogen-bond donors (Lipinski definition) is 1. The second kappa shape index (κ2) is 14.0. The van der Waals surface area contributed by atoms with Gasteiger partial charge in [0.05, 0.1) is 17.8 Å². The van der Waals surface area contributed by atoms with E-state index in [2.05, 4.69) is 15.0 Å². The van der Waals surface area contributed by atoms with Crippen molar-refractivity contribution >= 4 is 23.1 Å². The first-order valence-corrected chi connectivity index (χ1v) is 15.1. The molecule has 10 nitrogen and oxygen atoms in total. The Kier molecular flexibility index (Phi) is 9.38. The van der Waals surface area contributed by atoms with Gasteiger partial charge in [-0.3, -0.25) is 14.4 Å². The molecule has 3 heterocycles. The summed E-state index contributed by atoms with van der Waals surface area (Å²) < 4.78 is 58.6. The quantitative estimate of drug-likeness (QED) is 0.0810. The third-order valence-corrected chi connectivity index (χ3v) is 8.11. The van der Waals surface area contributed by atoms with Crippen LogP contribution in [0.25, 0.3) is 11.4 Å². The molecule has 0 aliphatic carbocycles. The molecule has 14 heteroatoms.